The van der Waals surface area contributed by atoms with E-state index in [-0.39, 0.29) is 0 Å². The molecule has 0 unspecified atom stereocenters. The average Bonchev–Trinajstić information content (AvgIpc) is 2.53. The fraction of sp³-hybridized carbons (Fsp3) is 0.333. The molecule has 0 bridgehead atoms. The van der Waals surface area contributed by atoms with Gasteiger partial charge in [0.15, 0.2) is 0 Å². The standard InChI is InChI=1S/C7H8B.C7H8.2C2H6/c1-8-7-5-3-2-4-6-7;1-7-5-3-2-4-6-7;2*1-2/h2-6H,1H3;2-6H,1H3;2*1-2H3. The summed E-state index contributed by atoms with van der Waals surface area (Å²) in [5.41, 5.74) is 2.61. The van der Waals surface area contributed by atoms with Crippen molar-refractivity contribution >= 4 is 12.7 Å². The molecule has 1 heteroatoms. The first-order chi connectivity index (χ1) is 9.33. The van der Waals surface area contributed by atoms with Crippen LogP contribution >= 0.6 is 0 Å². The Balaban J connectivity index is 0. The van der Waals surface area contributed by atoms with Crippen molar-refractivity contribution in [2.75, 3.05) is 0 Å². The second-order valence-corrected chi connectivity index (χ2v) is 3.35. The molecule has 103 valence electrons. The summed E-state index contributed by atoms with van der Waals surface area (Å²) in [5, 5.41) is 0. The van der Waals surface area contributed by atoms with Crippen molar-refractivity contribution in [3.05, 3.63) is 66.2 Å². The lowest BCUT2D eigenvalue weighted by molar-refractivity contribution is 1.48. The fourth-order valence-corrected chi connectivity index (χ4v) is 1.18. The molecule has 0 fully saturated rings. The molecule has 2 aromatic rings. The summed E-state index contributed by atoms with van der Waals surface area (Å²) >= 11 is 0. The molecule has 2 rings (SSSR count). The lowest BCUT2D eigenvalue weighted by atomic mass is 9.74. The molecule has 0 aliphatic carbocycles. The van der Waals surface area contributed by atoms with Crippen molar-refractivity contribution in [1.29, 1.82) is 0 Å². The van der Waals surface area contributed by atoms with Gasteiger partial charge in [-0.15, -0.1) is 0 Å². The molecule has 0 atom stereocenters. The predicted molar refractivity (Wildman–Crippen MR) is 91.6 cm³/mol. The Kier molecular flexibility index (Phi) is 17.2. The Morgan fingerprint density at radius 1 is 0.632 bits per heavy atom. The van der Waals surface area contributed by atoms with Crippen LogP contribution in [0.4, 0.5) is 0 Å². The molecule has 0 saturated heterocycles. The minimum atomic E-state index is 1.28. The molecule has 0 heterocycles. The third-order valence-corrected chi connectivity index (χ3v) is 2.07. The second kappa shape index (κ2) is 16.5. The third-order valence-electron chi connectivity index (χ3n) is 2.07. The van der Waals surface area contributed by atoms with E-state index in [0.29, 0.717) is 0 Å². The van der Waals surface area contributed by atoms with Crippen LogP contribution in [0.5, 0.6) is 0 Å². The largest absolute Gasteiger partial charge is 0.148 e. The van der Waals surface area contributed by atoms with E-state index in [0.717, 1.165) is 0 Å². The highest BCUT2D eigenvalue weighted by Gasteiger charge is 1.82. The van der Waals surface area contributed by atoms with Gasteiger partial charge in [-0.25, -0.2) is 0 Å². The van der Waals surface area contributed by atoms with Gasteiger partial charge in [0.25, 0.3) is 0 Å². The van der Waals surface area contributed by atoms with Crippen LogP contribution in [0, 0.1) is 6.92 Å². The Morgan fingerprint density at radius 3 is 1.21 bits per heavy atom. The lowest BCUT2D eigenvalue weighted by Gasteiger charge is -1.88. The van der Waals surface area contributed by atoms with E-state index in [1.165, 1.54) is 11.0 Å². The van der Waals surface area contributed by atoms with Crippen LogP contribution in [-0.2, 0) is 0 Å². The number of rotatable bonds is 1. The van der Waals surface area contributed by atoms with Crippen molar-refractivity contribution in [2.45, 2.75) is 41.4 Å². The molecule has 0 spiro atoms. The number of benzene rings is 2. The SMILES string of the molecule is CC.CC.C[B]c1ccccc1.Cc1ccccc1. The molecule has 0 N–H and O–H groups in total. The molecule has 1 radical (unpaired) electrons. The van der Waals surface area contributed by atoms with E-state index < -0.39 is 0 Å². The quantitative estimate of drug-likeness (QED) is 0.621. The molecular weight excluding hydrogens is 227 g/mol. The van der Waals surface area contributed by atoms with Gasteiger partial charge in [-0.2, -0.15) is 0 Å². The maximum absolute atomic E-state index is 2.08. The summed E-state index contributed by atoms with van der Waals surface area (Å²) in [6.45, 7) is 12.1. The van der Waals surface area contributed by atoms with Gasteiger partial charge in [0.1, 0.15) is 7.28 Å². The van der Waals surface area contributed by atoms with E-state index in [1.807, 2.05) is 70.9 Å². The summed E-state index contributed by atoms with van der Waals surface area (Å²) in [6.07, 6.45) is 0. The van der Waals surface area contributed by atoms with Gasteiger partial charge < -0.3 is 0 Å². The number of hydrogen-bond acceptors (Lipinski definition) is 0. The van der Waals surface area contributed by atoms with Crippen LogP contribution in [0.25, 0.3) is 0 Å². The summed E-state index contributed by atoms with van der Waals surface area (Å²) in [4.78, 5) is 0. The van der Waals surface area contributed by atoms with Gasteiger partial charge in [0, 0.05) is 0 Å². The molecule has 0 nitrogen and oxygen atoms in total. The highest BCUT2D eigenvalue weighted by atomic mass is 13.8. The van der Waals surface area contributed by atoms with E-state index in [2.05, 4.69) is 38.5 Å². The van der Waals surface area contributed by atoms with Crippen molar-refractivity contribution < 1.29 is 0 Å². The Morgan fingerprint density at radius 2 is 1.00 bits per heavy atom. The summed E-state index contributed by atoms with van der Waals surface area (Å²) in [5.74, 6) is 0. The summed E-state index contributed by atoms with van der Waals surface area (Å²) < 4.78 is 0. The maximum atomic E-state index is 2.08. The Labute approximate surface area is 121 Å². The summed E-state index contributed by atoms with van der Waals surface area (Å²) in [7, 11) is 2.08. The first-order valence-corrected chi connectivity index (χ1v) is 7.19. The van der Waals surface area contributed by atoms with Crippen LogP contribution in [0.3, 0.4) is 0 Å². The highest BCUT2D eigenvalue weighted by Crippen LogP contribution is 1.92. The van der Waals surface area contributed by atoms with Crippen LogP contribution in [0.2, 0.25) is 6.82 Å². The monoisotopic (exact) mass is 255 g/mol. The predicted octanol–water partition coefficient (Wildman–Crippen LogP) is 5.11. The minimum absolute atomic E-state index is 1.28. The number of hydrogen-bond donors (Lipinski definition) is 0. The third kappa shape index (κ3) is 12.7. The Hall–Kier alpha value is -1.50. The second-order valence-electron chi connectivity index (χ2n) is 3.35. The molecule has 0 amide bonds. The van der Waals surface area contributed by atoms with Gasteiger partial charge in [0.2, 0.25) is 0 Å². The fourth-order valence-electron chi connectivity index (χ4n) is 1.18. The van der Waals surface area contributed by atoms with E-state index >= 15 is 0 Å². The molecule has 0 aliphatic rings. The molecule has 0 saturated carbocycles. The maximum Gasteiger partial charge on any atom is 0.148 e. The molecular formula is C18H28B. The van der Waals surface area contributed by atoms with E-state index in [9.17, 15) is 0 Å². The molecule has 0 aromatic heterocycles. The van der Waals surface area contributed by atoms with Crippen molar-refractivity contribution in [3.63, 3.8) is 0 Å². The van der Waals surface area contributed by atoms with Gasteiger partial charge >= 0.3 is 0 Å². The minimum Gasteiger partial charge on any atom is -0.0881 e. The first-order valence-electron chi connectivity index (χ1n) is 7.19. The Bertz CT molecular complexity index is 354. The van der Waals surface area contributed by atoms with Gasteiger partial charge in [-0.1, -0.05) is 106 Å². The van der Waals surface area contributed by atoms with Crippen LogP contribution in [0.1, 0.15) is 33.3 Å². The zero-order valence-corrected chi connectivity index (χ0v) is 13.4. The van der Waals surface area contributed by atoms with Gasteiger partial charge in [-0.05, 0) is 6.92 Å². The van der Waals surface area contributed by atoms with Crippen LogP contribution in [0.15, 0.2) is 60.7 Å². The highest BCUT2D eigenvalue weighted by molar-refractivity contribution is 6.51. The lowest BCUT2D eigenvalue weighted by Crippen LogP contribution is -2.07. The molecule has 19 heavy (non-hydrogen) atoms. The van der Waals surface area contributed by atoms with Crippen LogP contribution < -0.4 is 5.46 Å². The zero-order chi connectivity index (χ0) is 14.9. The van der Waals surface area contributed by atoms with E-state index in [4.69, 9.17) is 0 Å². The topological polar surface area (TPSA) is 0 Å². The van der Waals surface area contributed by atoms with Gasteiger partial charge in [0.05, 0.1) is 0 Å². The van der Waals surface area contributed by atoms with E-state index in [1.54, 1.807) is 0 Å². The zero-order valence-electron chi connectivity index (χ0n) is 13.4. The van der Waals surface area contributed by atoms with Crippen LogP contribution in [-0.4, -0.2) is 7.28 Å². The van der Waals surface area contributed by atoms with Gasteiger partial charge in [-0.3, -0.25) is 0 Å². The molecule has 0 aliphatic heterocycles. The smallest absolute Gasteiger partial charge is 0.0881 e. The average molecular weight is 255 g/mol. The molecule has 2 aromatic carbocycles. The number of aryl methyl sites for hydroxylation is 1. The van der Waals surface area contributed by atoms with Crippen molar-refractivity contribution in [3.8, 4) is 0 Å². The van der Waals surface area contributed by atoms with Crippen molar-refractivity contribution in [1.82, 2.24) is 0 Å². The first kappa shape index (κ1) is 19.8. The normalized spacial score (nSPS) is 7.47. The summed E-state index contributed by atoms with van der Waals surface area (Å²) in [6, 6.07) is 20.5. The van der Waals surface area contributed by atoms with Crippen molar-refractivity contribution in [2.24, 2.45) is 0 Å².